The number of likely N-dealkylation sites (N-methyl/N-ethyl adjacent to an activating group) is 1. The van der Waals surface area contributed by atoms with Crippen LogP contribution in [0.25, 0.3) is 0 Å². The van der Waals surface area contributed by atoms with E-state index in [2.05, 4.69) is 32.5 Å². The van der Waals surface area contributed by atoms with Gasteiger partial charge in [0.2, 0.25) is 0 Å². The number of carbonyl (C=O) groups is 1. The van der Waals surface area contributed by atoms with Gasteiger partial charge < -0.3 is 35.6 Å². The van der Waals surface area contributed by atoms with E-state index in [0.717, 1.165) is 44.7 Å². The maximum absolute atomic E-state index is 12.4. The van der Waals surface area contributed by atoms with Crippen LogP contribution in [0.5, 0.6) is 5.75 Å². The normalized spacial score (nSPS) is 21.6. The molecule has 3 fully saturated rings. The van der Waals surface area contributed by atoms with Crippen LogP contribution in [0.15, 0.2) is 18.2 Å². The average molecular weight is 592 g/mol. The quantitative estimate of drug-likeness (QED) is 0.362. The van der Waals surface area contributed by atoms with Gasteiger partial charge in [-0.25, -0.2) is 9.97 Å². The Morgan fingerprint density at radius 3 is 2.32 bits per heavy atom. The highest BCUT2D eigenvalue weighted by Gasteiger charge is 2.48. The van der Waals surface area contributed by atoms with E-state index in [9.17, 15) is 4.79 Å². The number of piperidine rings is 1. The zero-order valence-corrected chi connectivity index (χ0v) is 26.0. The summed E-state index contributed by atoms with van der Waals surface area (Å²) in [6, 6.07) is 5.32. The van der Waals surface area contributed by atoms with Crippen molar-refractivity contribution >= 4 is 60.3 Å². The zero-order valence-electron chi connectivity index (χ0n) is 26.0. The summed E-state index contributed by atoms with van der Waals surface area (Å²) in [6.45, 7) is 7.33. The van der Waals surface area contributed by atoms with Gasteiger partial charge in [-0.05, 0) is 44.5 Å². The number of piperazine rings is 1. The fraction of sp³-hybridized carbons (Fsp3) is 0.621. The first-order valence-electron chi connectivity index (χ1n) is 15.2. The summed E-state index contributed by atoms with van der Waals surface area (Å²) in [5, 5.41) is 4.35. The molecule has 226 valence electrons. The van der Waals surface area contributed by atoms with Crippen LogP contribution in [0, 0.1) is 0 Å². The molecule has 5 rings (SSSR count). The molecule has 0 spiro atoms. The molecule has 11 nitrogen and oxygen atoms in total. The molecule has 0 unspecified atom stereocenters. The number of primary amides is 1. The molecule has 3 aliphatic rings. The van der Waals surface area contributed by atoms with Gasteiger partial charge in [-0.15, -0.1) is 0 Å². The molecule has 1 aromatic carbocycles. The van der Waals surface area contributed by atoms with Crippen molar-refractivity contribution in [2.45, 2.75) is 48.7 Å². The fourth-order valence-corrected chi connectivity index (χ4v) is 6.60. The summed E-state index contributed by atoms with van der Waals surface area (Å²) in [7, 11) is 30.7. The number of hydrogen-bond acceptors (Lipinski definition) is 10. The van der Waals surface area contributed by atoms with Crippen LogP contribution in [-0.2, 0) is 11.2 Å². The highest BCUT2D eigenvalue weighted by atomic mass is 16.5. The number of nitrogens with one attached hydrogen (secondary N) is 2. The van der Waals surface area contributed by atoms with Crippen LogP contribution < -0.4 is 26.0 Å². The van der Waals surface area contributed by atoms with Crippen molar-refractivity contribution in [1.82, 2.24) is 19.8 Å². The second-order valence-electron chi connectivity index (χ2n) is 12.3. The number of amides is 1. The van der Waals surface area contributed by atoms with Gasteiger partial charge in [0.25, 0.3) is 5.91 Å². The number of benzene rings is 1. The van der Waals surface area contributed by atoms with Gasteiger partial charge in [-0.3, -0.25) is 9.69 Å². The van der Waals surface area contributed by atoms with Gasteiger partial charge in [-0.2, -0.15) is 0 Å². The molecule has 0 atom stereocenters. The largest absolute Gasteiger partial charge is 0.495 e. The van der Waals surface area contributed by atoms with E-state index in [1.165, 1.54) is 0 Å². The molecule has 4 heterocycles. The first-order chi connectivity index (χ1) is 20.9. The molecule has 0 aliphatic carbocycles. The van der Waals surface area contributed by atoms with Gasteiger partial charge >= 0.3 is 0 Å². The second-order valence-corrected chi connectivity index (χ2v) is 12.3. The van der Waals surface area contributed by atoms with Crippen molar-refractivity contribution < 1.29 is 14.3 Å². The highest BCUT2D eigenvalue weighted by Crippen LogP contribution is 2.48. The molecule has 1 amide bonds. The Hall–Kier alpha value is -2.89. The van der Waals surface area contributed by atoms with Crippen LogP contribution in [0.4, 0.5) is 23.0 Å². The van der Waals surface area contributed by atoms with E-state index < -0.39 is 22.4 Å². The SMILES string of the molecule is [B]C1([B])CN(c2ccc(Nc3nc(NC4CCOCC4)c(CC)nc3C(N)=O)cc2OC)CC([B])([B])C1N1CCN(C)CC1. The number of hydrogen-bond donors (Lipinski definition) is 3. The smallest absolute Gasteiger partial charge is 0.271 e. The van der Waals surface area contributed by atoms with Crippen LogP contribution in [0.3, 0.4) is 0 Å². The van der Waals surface area contributed by atoms with Crippen LogP contribution in [0.1, 0.15) is 35.9 Å². The minimum absolute atomic E-state index is 0.0560. The standard InChI is InChI=1S/C29H40B4N8O3/c1-4-20-25(35-18-7-13-44-14-8-18)38-26(23(37-20)24(34)42)36-19-5-6-21(22(15-19)43-3)41-16-28(30,31)27(29(32,33)17-41)40-11-9-39(2)10-12-40/h5-6,15,18,27H,4,7-14,16-17H2,1-3H3,(H2,34,42)(H2,35,36,38). The lowest BCUT2D eigenvalue weighted by atomic mass is 9.35. The topological polar surface area (TPSA) is 121 Å². The molecule has 0 bridgehead atoms. The number of rotatable bonds is 9. The number of anilines is 4. The molecule has 15 heteroatoms. The number of aryl methyl sites for hydroxylation is 1. The van der Waals surface area contributed by atoms with Crippen LogP contribution >= 0.6 is 0 Å². The third-order valence-corrected chi connectivity index (χ3v) is 8.73. The third kappa shape index (κ3) is 7.00. The molecule has 4 N–H and O–H groups in total. The zero-order chi connectivity index (χ0) is 31.6. The Balaban J connectivity index is 1.40. The van der Waals surface area contributed by atoms with Crippen molar-refractivity contribution in [3.8, 4) is 5.75 Å². The molecular formula is C29H40B4N8O3. The van der Waals surface area contributed by atoms with E-state index in [1.807, 2.05) is 24.0 Å². The number of ether oxygens (including phenoxy) is 2. The Morgan fingerprint density at radius 1 is 1.07 bits per heavy atom. The number of methoxy groups -OCH3 is 1. The first-order valence-corrected chi connectivity index (χ1v) is 15.2. The maximum Gasteiger partial charge on any atom is 0.271 e. The number of nitrogens with two attached hydrogens (primary N) is 1. The van der Waals surface area contributed by atoms with Crippen molar-refractivity contribution in [1.29, 1.82) is 0 Å². The van der Waals surface area contributed by atoms with Gasteiger partial charge in [0, 0.05) is 70.3 Å². The van der Waals surface area contributed by atoms with Gasteiger partial charge in [-0.1, -0.05) is 17.4 Å². The summed E-state index contributed by atoms with van der Waals surface area (Å²) in [5.74, 6) is 0.726. The molecule has 8 radical (unpaired) electrons. The van der Waals surface area contributed by atoms with Gasteiger partial charge in [0.1, 0.15) is 5.75 Å². The number of carbonyl (C=O) groups excluding carboxylic acids is 1. The summed E-state index contributed by atoms with van der Waals surface area (Å²) < 4.78 is 11.3. The predicted octanol–water partition coefficient (Wildman–Crippen LogP) is 0.823. The number of nitrogens with zero attached hydrogens (tertiary/aromatic N) is 5. The van der Waals surface area contributed by atoms with Crippen molar-refractivity contribution in [3.63, 3.8) is 0 Å². The van der Waals surface area contributed by atoms with E-state index in [-0.39, 0.29) is 17.6 Å². The minimum Gasteiger partial charge on any atom is -0.495 e. The molecule has 3 aliphatic heterocycles. The Bertz CT molecular complexity index is 1320. The molecular weight excluding hydrogens is 552 g/mol. The van der Waals surface area contributed by atoms with Crippen molar-refractivity contribution in [2.24, 2.45) is 5.73 Å². The molecule has 3 saturated heterocycles. The molecule has 2 aromatic rings. The van der Waals surface area contributed by atoms with Crippen LogP contribution in [-0.4, -0.2) is 136 Å². The highest BCUT2D eigenvalue weighted by molar-refractivity contribution is 6.46. The van der Waals surface area contributed by atoms with Crippen molar-refractivity contribution in [3.05, 3.63) is 29.6 Å². The van der Waals surface area contributed by atoms with Crippen molar-refractivity contribution in [2.75, 3.05) is 82.2 Å². The minimum atomic E-state index is -1.18. The van der Waals surface area contributed by atoms with Gasteiger partial charge in [0.15, 0.2) is 17.3 Å². The Labute approximate surface area is 266 Å². The third-order valence-electron chi connectivity index (χ3n) is 8.73. The Kier molecular flexibility index (Phi) is 9.77. The number of aromatic nitrogens is 2. The summed E-state index contributed by atoms with van der Waals surface area (Å²) in [4.78, 5) is 28.2. The van der Waals surface area contributed by atoms with E-state index in [4.69, 9.17) is 51.6 Å². The second kappa shape index (κ2) is 13.2. The summed E-state index contributed by atoms with van der Waals surface area (Å²) in [6.07, 6.45) is 2.30. The van der Waals surface area contributed by atoms with E-state index in [0.29, 0.717) is 55.7 Å². The lowest BCUT2D eigenvalue weighted by Crippen LogP contribution is -2.65. The molecule has 1 aromatic heterocycles. The molecule has 0 saturated carbocycles. The van der Waals surface area contributed by atoms with Crippen LogP contribution in [0.2, 0.25) is 10.4 Å². The first kappa shape index (κ1) is 32.5. The lowest BCUT2D eigenvalue weighted by Gasteiger charge is -2.60. The van der Waals surface area contributed by atoms with Gasteiger partial charge in [0.05, 0.1) is 49.9 Å². The monoisotopic (exact) mass is 592 g/mol. The average Bonchev–Trinajstić information content (AvgIpc) is 2.97. The Morgan fingerprint density at radius 2 is 1.73 bits per heavy atom. The maximum atomic E-state index is 12.4. The van der Waals surface area contributed by atoms with E-state index >= 15 is 0 Å². The van der Waals surface area contributed by atoms with E-state index in [1.54, 1.807) is 13.2 Å². The summed E-state index contributed by atoms with van der Waals surface area (Å²) in [5.41, 5.74) is 7.80. The summed E-state index contributed by atoms with van der Waals surface area (Å²) >= 11 is 0. The fourth-order valence-electron chi connectivity index (χ4n) is 6.60. The molecule has 44 heavy (non-hydrogen) atoms. The predicted molar refractivity (Wildman–Crippen MR) is 177 cm³/mol. The lowest BCUT2D eigenvalue weighted by molar-refractivity contribution is 0.0849.